The Labute approximate surface area is 240 Å². The molecule has 0 aliphatic carbocycles. The fourth-order valence-electron chi connectivity index (χ4n) is 4.26. The van der Waals surface area contributed by atoms with Gasteiger partial charge in [0, 0.05) is 22.2 Å². The van der Waals surface area contributed by atoms with Gasteiger partial charge in [-0.05, 0) is 43.2 Å². The summed E-state index contributed by atoms with van der Waals surface area (Å²) >= 11 is 5.93. The molecule has 0 radical (unpaired) electrons. The second kappa shape index (κ2) is 12.1. The summed E-state index contributed by atoms with van der Waals surface area (Å²) in [5.74, 6) is -7.22. The number of thiol groups is 1. The first-order valence-electron chi connectivity index (χ1n) is 12.3. The predicted molar refractivity (Wildman–Crippen MR) is 151 cm³/mol. The highest BCUT2D eigenvalue weighted by Gasteiger charge is 2.36. The number of fused-ring (bicyclic) bond motifs is 1. The van der Waals surface area contributed by atoms with Crippen molar-refractivity contribution >= 4 is 54.8 Å². The Balaban J connectivity index is 1.87. The molecule has 0 bridgehead atoms. The Hall–Kier alpha value is -3.55. The number of carbonyl (C=O) groups excluding carboxylic acids is 1. The number of anilines is 1. The monoisotopic (exact) mass is 625 g/mol. The van der Waals surface area contributed by atoms with Crippen molar-refractivity contribution in [2.24, 2.45) is 0 Å². The molecular formula is C27H23ClF3N3O5S2. The van der Waals surface area contributed by atoms with Gasteiger partial charge in [-0.3, -0.25) is 9.78 Å². The lowest BCUT2D eigenvalue weighted by molar-refractivity contribution is 0.103. The molecule has 41 heavy (non-hydrogen) atoms. The average molecular weight is 626 g/mol. The fraction of sp³-hybridized carbons (Fsp3) is 0.222. The van der Waals surface area contributed by atoms with Crippen molar-refractivity contribution in [3.63, 3.8) is 0 Å². The van der Waals surface area contributed by atoms with Crippen molar-refractivity contribution in [3.8, 4) is 11.3 Å². The molecule has 216 valence electrons. The maximum absolute atomic E-state index is 15.9. The fourth-order valence-corrected chi connectivity index (χ4v) is 7.31. The molecule has 1 atom stereocenters. The minimum atomic E-state index is -4.52. The van der Waals surface area contributed by atoms with E-state index in [1.165, 1.54) is 38.2 Å². The second-order valence-corrected chi connectivity index (χ2v) is 12.5. The van der Waals surface area contributed by atoms with E-state index < -0.39 is 66.3 Å². The maximum Gasteiger partial charge on any atom is 0.236 e. The number of carbonyl (C=O) groups is 1. The van der Waals surface area contributed by atoms with Crippen LogP contribution in [0.25, 0.3) is 22.3 Å². The number of nitrogens with zero attached hydrogens (tertiary/aromatic N) is 3. The topological polar surface area (TPSA) is 114 Å². The first kappa shape index (κ1) is 30.4. The van der Waals surface area contributed by atoms with E-state index in [-0.39, 0.29) is 34.3 Å². The van der Waals surface area contributed by atoms with E-state index >= 15 is 4.39 Å². The van der Waals surface area contributed by atoms with E-state index in [0.29, 0.717) is 21.8 Å². The molecule has 0 spiro atoms. The lowest BCUT2D eigenvalue weighted by Gasteiger charge is -2.29. The molecule has 8 nitrogen and oxygen atoms in total. The zero-order valence-corrected chi connectivity index (χ0v) is 24.1. The first-order valence-corrected chi connectivity index (χ1v) is 15.5. The van der Waals surface area contributed by atoms with Gasteiger partial charge >= 0.3 is 0 Å². The molecule has 14 heteroatoms. The molecular weight excluding hydrogens is 603 g/mol. The highest BCUT2D eigenvalue weighted by atomic mass is 35.5. The highest BCUT2D eigenvalue weighted by molar-refractivity contribution is 7.93. The first-order chi connectivity index (χ1) is 19.4. The number of ketones is 1. The van der Waals surface area contributed by atoms with Crippen LogP contribution >= 0.6 is 11.6 Å². The molecule has 4 aromatic rings. The lowest BCUT2D eigenvalue weighted by atomic mass is 10.00. The average Bonchev–Trinajstić information content (AvgIpc) is 2.93. The van der Waals surface area contributed by atoms with Crippen molar-refractivity contribution in [1.82, 2.24) is 9.97 Å². The number of aromatic nitrogens is 2. The Morgan fingerprint density at radius 1 is 1.00 bits per heavy atom. The summed E-state index contributed by atoms with van der Waals surface area (Å²) in [6, 6.07) is 10.7. The summed E-state index contributed by atoms with van der Waals surface area (Å²) in [6.07, 6.45) is 1.20. The largest absolute Gasteiger partial charge is 0.288 e. The van der Waals surface area contributed by atoms with Gasteiger partial charge in [0.05, 0.1) is 39.9 Å². The lowest BCUT2D eigenvalue weighted by Crippen LogP contribution is -2.43. The maximum atomic E-state index is 15.9. The summed E-state index contributed by atoms with van der Waals surface area (Å²) in [4.78, 5) is 22.1. The Bertz CT molecular complexity index is 1830. The van der Waals surface area contributed by atoms with Crippen LogP contribution < -0.4 is 4.31 Å². The van der Waals surface area contributed by atoms with Crippen LogP contribution in [0.15, 0.2) is 54.7 Å². The molecule has 0 aliphatic rings. The van der Waals surface area contributed by atoms with Crippen molar-refractivity contribution < 1.29 is 34.8 Å². The summed E-state index contributed by atoms with van der Waals surface area (Å²) < 4.78 is 95.8. The highest BCUT2D eigenvalue weighted by Crippen LogP contribution is 2.33. The van der Waals surface area contributed by atoms with Crippen molar-refractivity contribution in [3.05, 3.63) is 88.3 Å². The van der Waals surface area contributed by atoms with E-state index in [0.717, 1.165) is 0 Å². The molecule has 0 saturated heterocycles. The molecule has 0 aliphatic heterocycles. The number of rotatable bonds is 10. The van der Waals surface area contributed by atoms with Crippen LogP contribution in [-0.2, 0) is 20.7 Å². The van der Waals surface area contributed by atoms with E-state index in [4.69, 9.17) is 11.6 Å². The Kier molecular flexibility index (Phi) is 9.00. The summed E-state index contributed by atoms with van der Waals surface area (Å²) in [5.41, 5.74) is -1.16. The van der Waals surface area contributed by atoms with Gasteiger partial charge in [0.15, 0.2) is 33.9 Å². The van der Waals surface area contributed by atoms with Crippen molar-refractivity contribution in [2.75, 3.05) is 10.1 Å². The van der Waals surface area contributed by atoms with Crippen LogP contribution in [0.5, 0.6) is 0 Å². The van der Waals surface area contributed by atoms with Gasteiger partial charge < -0.3 is 0 Å². The molecule has 3 aromatic carbocycles. The summed E-state index contributed by atoms with van der Waals surface area (Å²) in [6.45, 7) is 2.83. The normalized spacial score (nSPS) is 12.6. The number of sulfonamides is 1. The molecule has 4 rings (SSSR count). The zero-order chi connectivity index (χ0) is 30.1. The minimum absolute atomic E-state index is 0.0259. The van der Waals surface area contributed by atoms with Crippen LogP contribution in [0.2, 0.25) is 5.02 Å². The minimum Gasteiger partial charge on any atom is -0.288 e. The Morgan fingerprint density at radius 3 is 2.29 bits per heavy atom. The standard InChI is InChI=1S/C27H23ClF3N3O5S2/c1-3-11-41(38,39)34(23(4-2)40(36)37)22-13-18(29)25(30)24(26(22)31)27(35)16-7-10-19-20(12-16)33-21(14-32-19)15-5-8-17(28)9-6-15/h5-10,12-14,23,40H,3-4,11H2,1-2H3. The van der Waals surface area contributed by atoms with Crippen LogP contribution in [0, 0.1) is 17.5 Å². The van der Waals surface area contributed by atoms with Gasteiger partial charge in [0.25, 0.3) is 0 Å². The molecule has 1 aromatic heterocycles. The van der Waals surface area contributed by atoms with Gasteiger partial charge in [-0.25, -0.2) is 39.3 Å². The molecule has 0 saturated carbocycles. The number of hydrogen-bond donors (Lipinski definition) is 1. The van der Waals surface area contributed by atoms with Crippen LogP contribution in [0.3, 0.4) is 0 Å². The van der Waals surface area contributed by atoms with Crippen LogP contribution in [0.4, 0.5) is 18.9 Å². The van der Waals surface area contributed by atoms with E-state index in [9.17, 15) is 30.4 Å². The molecule has 0 N–H and O–H groups in total. The van der Waals surface area contributed by atoms with Gasteiger partial charge in [-0.2, -0.15) is 0 Å². The van der Waals surface area contributed by atoms with Crippen LogP contribution in [0.1, 0.15) is 42.6 Å². The zero-order valence-electron chi connectivity index (χ0n) is 21.6. The van der Waals surface area contributed by atoms with E-state index in [1.807, 2.05) is 0 Å². The van der Waals surface area contributed by atoms with E-state index in [2.05, 4.69) is 9.97 Å². The number of hydrogen-bond acceptors (Lipinski definition) is 7. The third kappa shape index (κ3) is 6.07. The SMILES string of the molecule is CCCS(=O)(=O)N(c1cc(F)c(F)c(C(=O)c2ccc3ncc(-c4ccc(Cl)cc4)nc3c2)c1F)C(CC)[SH](=O)=O. The smallest absolute Gasteiger partial charge is 0.236 e. The Morgan fingerprint density at radius 2 is 1.68 bits per heavy atom. The number of benzene rings is 3. The van der Waals surface area contributed by atoms with Gasteiger partial charge in [0.1, 0.15) is 5.37 Å². The second-order valence-electron chi connectivity index (χ2n) is 8.96. The van der Waals surface area contributed by atoms with Crippen molar-refractivity contribution in [2.45, 2.75) is 32.1 Å². The molecule has 1 heterocycles. The van der Waals surface area contributed by atoms with E-state index in [1.54, 1.807) is 24.3 Å². The van der Waals surface area contributed by atoms with Gasteiger partial charge in [-0.15, -0.1) is 0 Å². The third-order valence-electron chi connectivity index (χ3n) is 6.19. The molecule has 0 fully saturated rings. The summed E-state index contributed by atoms with van der Waals surface area (Å²) in [7, 11) is -8.01. The molecule has 0 amide bonds. The van der Waals surface area contributed by atoms with Crippen LogP contribution in [-0.4, -0.2) is 43.7 Å². The number of halogens is 4. The molecule has 1 unspecified atom stereocenters. The predicted octanol–water partition coefficient (Wildman–Crippen LogP) is 5.49. The third-order valence-corrected chi connectivity index (χ3v) is 9.65. The van der Waals surface area contributed by atoms with Gasteiger partial charge in [-0.1, -0.05) is 37.6 Å². The summed E-state index contributed by atoms with van der Waals surface area (Å²) in [5, 5.41) is -1.30. The quantitative estimate of drug-likeness (QED) is 0.141. The van der Waals surface area contributed by atoms with Crippen molar-refractivity contribution in [1.29, 1.82) is 0 Å². The van der Waals surface area contributed by atoms with Gasteiger partial charge in [0.2, 0.25) is 10.0 Å².